The van der Waals surface area contributed by atoms with Gasteiger partial charge < -0.3 is 5.73 Å². The van der Waals surface area contributed by atoms with Crippen LogP contribution in [0.2, 0.25) is 0 Å². The predicted molar refractivity (Wildman–Crippen MR) is 48.8 cm³/mol. The fourth-order valence-electron chi connectivity index (χ4n) is 1.49. The van der Waals surface area contributed by atoms with E-state index in [2.05, 4.69) is 0 Å². The molecule has 1 unspecified atom stereocenters. The minimum absolute atomic E-state index is 0.466. The zero-order chi connectivity index (χ0) is 9.14. The highest BCUT2D eigenvalue weighted by Gasteiger charge is 2.10. The Hall–Kier alpha value is -0.890. The van der Waals surface area contributed by atoms with Gasteiger partial charge in [0.05, 0.1) is 6.04 Å². The first-order valence-corrected chi connectivity index (χ1v) is 4.04. The lowest BCUT2D eigenvalue weighted by Crippen LogP contribution is -2.15. The lowest BCUT2D eigenvalue weighted by atomic mass is 9.97. The van der Waals surface area contributed by atoms with Gasteiger partial charge in [-0.3, -0.25) is 0 Å². The van der Waals surface area contributed by atoms with Crippen LogP contribution in [0.1, 0.15) is 22.7 Å². The molecule has 1 aromatic carbocycles. The van der Waals surface area contributed by atoms with Gasteiger partial charge in [-0.05, 0) is 30.5 Å². The van der Waals surface area contributed by atoms with Gasteiger partial charge in [-0.1, -0.05) is 18.2 Å². The minimum atomic E-state index is -0.494. The van der Waals surface area contributed by atoms with E-state index in [9.17, 15) is 4.39 Å². The second kappa shape index (κ2) is 3.68. The summed E-state index contributed by atoms with van der Waals surface area (Å²) in [6, 6.07) is 5.40. The average Bonchev–Trinajstić information content (AvgIpc) is 2.03. The van der Waals surface area contributed by atoms with E-state index in [1.165, 1.54) is 0 Å². The van der Waals surface area contributed by atoms with Gasteiger partial charge in [0, 0.05) is 0 Å². The van der Waals surface area contributed by atoms with Gasteiger partial charge in [0.15, 0.2) is 0 Å². The van der Waals surface area contributed by atoms with E-state index >= 15 is 0 Å². The highest BCUT2D eigenvalue weighted by molar-refractivity contribution is 5.35. The van der Waals surface area contributed by atoms with Crippen molar-refractivity contribution in [2.45, 2.75) is 19.9 Å². The second-order valence-electron chi connectivity index (χ2n) is 3.07. The van der Waals surface area contributed by atoms with E-state index in [1.807, 2.05) is 32.0 Å². The van der Waals surface area contributed by atoms with Crippen LogP contribution in [0, 0.1) is 13.8 Å². The summed E-state index contributed by atoms with van der Waals surface area (Å²) in [5.41, 5.74) is 8.70. The summed E-state index contributed by atoms with van der Waals surface area (Å²) in [4.78, 5) is 0. The number of nitrogens with two attached hydrogens (primary N) is 1. The van der Waals surface area contributed by atoms with Crippen molar-refractivity contribution in [1.82, 2.24) is 0 Å². The van der Waals surface area contributed by atoms with Crippen molar-refractivity contribution in [3.05, 3.63) is 34.9 Å². The Morgan fingerprint density at radius 2 is 1.83 bits per heavy atom. The number of halogens is 1. The summed E-state index contributed by atoms with van der Waals surface area (Å²) in [6.45, 7) is 3.42. The van der Waals surface area contributed by atoms with E-state index in [-0.39, 0.29) is 0 Å². The second-order valence-corrected chi connectivity index (χ2v) is 3.07. The molecule has 0 aromatic heterocycles. The summed E-state index contributed by atoms with van der Waals surface area (Å²) in [6.07, 6.45) is 0. The minimum Gasteiger partial charge on any atom is -0.322 e. The smallest absolute Gasteiger partial charge is 0.109 e. The van der Waals surface area contributed by atoms with Crippen molar-refractivity contribution in [2.24, 2.45) is 5.73 Å². The van der Waals surface area contributed by atoms with Gasteiger partial charge in [0.25, 0.3) is 0 Å². The standard InChI is InChI=1S/C10H14FN/c1-7-4-3-5-8(2)10(7)9(12)6-11/h3-5,9H,6,12H2,1-2H3. The molecule has 0 aliphatic heterocycles. The van der Waals surface area contributed by atoms with E-state index in [4.69, 9.17) is 5.73 Å². The molecule has 12 heavy (non-hydrogen) atoms. The molecule has 0 amide bonds. The largest absolute Gasteiger partial charge is 0.322 e. The summed E-state index contributed by atoms with van der Waals surface area (Å²) >= 11 is 0. The maximum absolute atomic E-state index is 12.3. The number of benzene rings is 1. The van der Waals surface area contributed by atoms with Crippen molar-refractivity contribution in [3.63, 3.8) is 0 Å². The molecule has 0 bridgehead atoms. The number of alkyl halides is 1. The molecule has 1 nitrogen and oxygen atoms in total. The summed E-state index contributed by atoms with van der Waals surface area (Å²) in [7, 11) is 0. The molecule has 0 aliphatic rings. The van der Waals surface area contributed by atoms with Gasteiger partial charge in [-0.25, -0.2) is 4.39 Å². The Morgan fingerprint density at radius 3 is 2.25 bits per heavy atom. The highest BCUT2D eigenvalue weighted by atomic mass is 19.1. The molecule has 0 heterocycles. The molecular formula is C10H14FN. The van der Waals surface area contributed by atoms with Crippen LogP contribution in [0.3, 0.4) is 0 Å². The van der Waals surface area contributed by atoms with Crippen molar-refractivity contribution >= 4 is 0 Å². The van der Waals surface area contributed by atoms with Crippen LogP contribution in [-0.4, -0.2) is 6.67 Å². The normalized spacial score (nSPS) is 13.0. The first-order valence-electron chi connectivity index (χ1n) is 4.04. The predicted octanol–water partition coefficient (Wildman–Crippen LogP) is 2.27. The fraction of sp³-hybridized carbons (Fsp3) is 0.400. The fourth-order valence-corrected chi connectivity index (χ4v) is 1.49. The van der Waals surface area contributed by atoms with Crippen LogP contribution in [0.25, 0.3) is 0 Å². The van der Waals surface area contributed by atoms with Crippen molar-refractivity contribution in [1.29, 1.82) is 0 Å². The Morgan fingerprint density at radius 1 is 1.33 bits per heavy atom. The molecule has 2 N–H and O–H groups in total. The van der Waals surface area contributed by atoms with E-state index in [0.29, 0.717) is 0 Å². The molecule has 0 spiro atoms. The van der Waals surface area contributed by atoms with Crippen LogP contribution in [0.4, 0.5) is 4.39 Å². The third-order valence-corrected chi connectivity index (χ3v) is 2.08. The first kappa shape index (κ1) is 9.20. The zero-order valence-electron chi connectivity index (χ0n) is 7.47. The van der Waals surface area contributed by atoms with E-state index in [0.717, 1.165) is 16.7 Å². The monoisotopic (exact) mass is 167 g/mol. The molecule has 66 valence electrons. The van der Waals surface area contributed by atoms with Crippen molar-refractivity contribution in [3.8, 4) is 0 Å². The van der Waals surface area contributed by atoms with Gasteiger partial charge in [0.1, 0.15) is 6.67 Å². The maximum atomic E-state index is 12.3. The summed E-state index contributed by atoms with van der Waals surface area (Å²) in [5, 5.41) is 0. The van der Waals surface area contributed by atoms with Gasteiger partial charge in [-0.15, -0.1) is 0 Å². The SMILES string of the molecule is Cc1cccc(C)c1C(N)CF. The number of aryl methyl sites for hydroxylation is 2. The van der Waals surface area contributed by atoms with E-state index < -0.39 is 12.7 Å². The van der Waals surface area contributed by atoms with Gasteiger partial charge in [0.2, 0.25) is 0 Å². The van der Waals surface area contributed by atoms with Crippen LogP contribution in [-0.2, 0) is 0 Å². The lowest BCUT2D eigenvalue weighted by Gasteiger charge is -2.13. The summed E-state index contributed by atoms with van der Waals surface area (Å²) < 4.78 is 12.3. The van der Waals surface area contributed by atoms with Gasteiger partial charge >= 0.3 is 0 Å². The Labute approximate surface area is 72.4 Å². The molecule has 0 saturated heterocycles. The quantitative estimate of drug-likeness (QED) is 0.718. The maximum Gasteiger partial charge on any atom is 0.109 e. The number of rotatable bonds is 2. The number of hydrogen-bond donors (Lipinski definition) is 1. The number of hydrogen-bond acceptors (Lipinski definition) is 1. The third-order valence-electron chi connectivity index (χ3n) is 2.08. The van der Waals surface area contributed by atoms with Crippen molar-refractivity contribution < 1.29 is 4.39 Å². The molecule has 1 aromatic rings. The average molecular weight is 167 g/mol. The molecule has 2 heteroatoms. The molecule has 1 rings (SSSR count). The van der Waals surface area contributed by atoms with Crippen LogP contribution >= 0.6 is 0 Å². The molecule has 0 fully saturated rings. The van der Waals surface area contributed by atoms with Crippen LogP contribution in [0.15, 0.2) is 18.2 Å². The highest BCUT2D eigenvalue weighted by Crippen LogP contribution is 2.19. The zero-order valence-corrected chi connectivity index (χ0v) is 7.47. The topological polar surface area (TPSA) is 26.0 Å². The summed E-state index contributed by atoms with van der Waals surface area (Å²) in [5.74, 6) is 0. The molecule has 0 radical (unpaired) electrons. The third kappa shape index (κ3) is 1.64. The van der Waals surface area contributed by atoms with Crippen LogP contribution < -0.4 is 5.73 Å². The molecule has 0 aliphatic carbocycles. The Bertz CT molecular complexity index is 250. The van der Waals surface area contributed by atoms with Crippen LogP contribution in [0.5, 0.6) is 0 Å². The van der Waals surface area contributed by atoms with E-state index in [1.54, 1.807) is 0 Å². The van der Waals surface area contributed by atoms with Gasteiger partial charge in [-0.2, -0.15) is 0 Å². The first-order chi connectivity index (χ1) is 5.66. The van der Waals surface area contributed by atoms with Crippen molar-refractivity contribution in [2.75, 3.05) is 6.67 Å². The lowest BCUT2D eigenvalue weighted by molar-refractivity contribution is 0.435. The Balaban J connectivity index is 3.12. The Kier molecular flexibility index (Phi) is 2.82. The molecule has 1 atom stereocenters. The molecule has 0 saturated carbocycles. The molecular weight excluding hydrogens is 153 g/mol.